The van der Waals surface area contributed by atoms with Gasteiger partial charge in [0.05, 0.1) is 19.3 Å². The maximum absolute atomic E-state index is 12.3. The van der Waals surface area contributed by atoms with Crippen molar-refractivity contribution in [3.8, 4) is 0 Å². The second kappa shape index (κ2) is 5.85. The molecule has 0 aromatic heterocycles. The lowest BCUT2D eigenvalue weighted by Gasteiger charge is -2.43. The fourth-order valence-corrected chi connectivity index (χ4v) is 3.54. The minimum Gasteiger partial charge on any atom is -0.444 e. The first-order chi connectivity index (χ1) is 10.3. The normalized spacial score (nSPS) is 21.1. The van der Waals surface area contributed by atoms with Crippen LogP contribution >= 0.6 is 15.9 Å². The lowest BCUT2D eigenvalue weighted by molar-refractivity contribution is -0.00645. The molecule has 0 N–H and O–H groups in total. The molecule has 1 saturated heterocycles. The maximum atomic E-state index is 12.3. The van der Waals surface area contributed by atoms with Crippen LogP contribution in [0.1, 0.15) is 49.9 Å². The molecule has 1 unspecified atom stereocenters. The second-order valence-corrected chi connectivity index (χ2v) is 7.83. The number of rotatable bonds is 1. The van der Waals surface area contributed by atoms with Gasteiger partial charge in [0.2, 0.25) is 0 Å². The number of ether oxygens (including phenoxy) is 2. The van der Waals surface area contributed by atoms with Crippen molar-refractivity contribution in [1.29, 1.82) is 0 Å². The van der Waals surface area contributed by atoms with E-state index in [0.717, 1.165) is 30.5 Å². The first kappa shape index (κ1) is 15.8. The molecule has 0 aliphatic carbocycles. The van der Waals surface area contributed by atoms with Gasteiger partial charge in [-0.15, -0.1) is 0 Å². The van der Waals surface area contributed by atoms with Crippen molar-refractivity contribution >= 4 is 22.0 Å². The van der Waals surface area contributed by atoms with Crippen LogP contribution in [0.4, 0.5) is 4.79 Å². The minimum absolute atomic E-state index is 0.0998. The van der Waals surface area contributed by atoms with Crippen molar-refractivity contribution in [3.05, 3.63) is 33.3 Å². The number of nitrogens with zero attached hydrogens (tertiary/aromatic N) is 1. The number of carbonyl (C=O) groups is 1. The van der Waals surface area contributed by atoms with Gasteiger partial charge in [0.15, 0.2) is 0 Å². The number of halogens is 1. The molecule has 22 heavy (non-hydrogen) atoms. The largest absolute Gasteiger partial charge is 0.444 e. The van der Waals surface area contributed by atoms with Crippen LogP contribution < -0.4 is 0 Å². The van der Waals surface area contributed by atoms with Gasteiger partial charge in [-0.2, -0.15) is 0 Å². The van der Waals surface area contributed by atoms with E-state index in [-0.39, 0.29) is 12.1 Å². The number of carbonyl (C=O) groups excluding carboxylic acids is 1. The highest BCUT2D eigenvalue weighted by atomic mass is 79.9. The van der Waals surface area contributed by atoms with E-state index in [1.54, 1.807) is 0 Å². The maximum Gasteiger partial charge on any atom is 0.410 e. The van der Waals surface area contributed by atoms with Crippen LogP contribution in [0.5, 0.6) is 0 Å². The summed E-state index contributed by atoms with van der Waals surface area (Å²) in [6.45, 7) is 7.85. The van der Waals surface area contributed by atoms with Crippen molar-refractivity contribution in [1.82, 2.24) is 4.90 Å². The lowest BCUT2D eigenvalue weighted by Crippen LogP contribution is -2.47. The molecule has 0 radical (unpaired) electrons. The summed E-state index contributed by atoms with van der Waals surface area (Å²) in [4.78, 5) is 14.2. The Balaban J connectivity index is 1.85. The summed E-state index contributed by atoms with van der Waals surface area (Å²) in [6, 6.07) is 4.38. The molecule has 3 rings (SSSR count). The van der Waals surface area contributed by atoms with Crippen molar-refractivity contribution in [3.63, 3.8) is 0 Å². The molecule has 1 fully saturated rings. The molecule has 2 heterocycles. The van der Waals surface area contributed by atoms with Gasteiger partial charge < -0.3 is 14.4 Å². The molecule has 2 aliphatic rings. The van der Waals surface area contributed by atoms with Gasteiger partial charge in [-0.25, -0.2) is 4.79 Å². The summed E-state index contributed by atoms with van der Waals surface area (Å²) in [5.41, 5.74) is 3.30. The molecule has 0 saturated carbocycles. The average molecular weight is 368 g/mol. The van der Waals surface area contributed by atoms with E-state index in [0.29, 0.717) is 6.61 Å². The molecule has 1 aromatic rings. The summed E-state index contributed by atoms with van der Waals surface area (Å²) in [7, 11) is 0. The third kappa shape index (κ3) is 3.15. The van der Waals surface area contributed by atoms with Gasteiger partial charge in [0, 0.05) is 11.0 Å². The summed E-state index contributed by atoms with van der Waals surface area (Å²) >= 11 is 3.59. The standard InChI is InChI=1S/C17H22BrNO3/c1-17(2,3)22-16(20)19-6-4-15(19)13-9-12(18)8-11-5-7-21-10-14(11)13/h8-9,15H,4-7,10H2,1-3H3. The number of amides is 1. The molecule has 1 amide bonds. The first-order valence-electron chi connectivity index (χ1n) is 7.74. The third-order valence-electron chi connectivity index (χ3n) is 4.11. The number of hydrogen-bond donors (Lipinski definition) is 0. The van der Waals surface area contributed by atoms with E-state index in [9.17, 15) is 4.79 Å². The summed E-state index contributed by atoms with van der Waals surface area (Å²) in [5, 5.41) is 0. The van der Waals surface area contributed by atoms with Crippen molar-refractivity contribution < 1.29 is 14.3 Å². The Labute approximate surface area is 139 Å². The summed E-state index contributed by atoms with van der Waals surface area (Å²) < 4.78 is 12.2. The zero-order chi connectivity index (χ0) is 15.9. The van der Waals surface area contributed by atoms with Crippen LogP contribution in [-0.2, 0) is 22.5 Å². The van der Waals surface area contributed by atoms with E-state index < -0.39 is 5.60 Å². The predicted octanol–water partition coefficient (Wildman–Crippen LogP) is 4.20. The minimum atomic E-state index is -0.461. The fourth-order valence-electron chi connectivity index (χ4n) is 3.02. The monoisotopic (exact) mass is 367 g/mol. The molecular formula is C17H22BrNO3. The lowest BCUT2D eigenvalue weighted by atomic mass is 9.88. The van der Waals surface area contributed by atoms with Crippen LogP contribution in [0.3, 0.4) is 0 Å². The summed E-state index contributed by atoms with van der Waals surface area (Å²) in [6.07, 6.45) is 1.68. The molecule has 1 atom stereocenters. The molecular weight excluding hydrogens is 346 g/mol. The van der Waals surface area contributed by atoms with Gasteiger partial charge >= 0.3 is 6.09 Å². The Kier molecular flexibility index (Phi) is 4.21. The molecule has 0 bridgehead atoms. The van der Waals surface area contributed by atoms with Crippen molar-refractivity contribution in [2.24, 2.45) is 0 Å². The fraction of sp³-hybridized carbons (Fsp3) is 0.588. The Bertz CT molecular complexity index is 594. The summed E-state index contributed by atoms with van der Waals surface area (Å²) in [5.74, 6) is 0. The number of benzene rings is 1. The zero-order valence-corrected chi connectivity index (χ0v) is 14.9. The highest BCUT2D eigenvalue weighted by Gasteiger charge is 2.38. The van der Waals surface area contributed by atoms with Gasteiger partial charge in [-0.3, -0.25) is 0 Å². The van der Waals surface area contributed by atoms with Crippen LogP contribution in [-0.4, -0.2) is 29.7 Å². The Morgan fingerprint density at radius 1 is 1.41 bits per heavy atom. The third-order valence-corrected chi connectivity index (χ3v) is 4.57. The number of hydrogen-bond acceptors (Lipinski definition) is 3. The number of likely N-dealkylation sites (tertiary alicyclic amines) is 1. The molecule has 2 aliphatic heterocycles. The van der Waals surface area contributed by atoms with Crippen LogP contribution in [0, 0.1) is 0 Å². The van der Waals surface area contributed by atoms with Crippen LogP contribution in [0.2, 0.25) is 0 Å². The zero-order valence-electron chi connectivity index (χ0n) is 13.3. The number of fused-ring (bicyclic) bond motifs is 1. The van der Waals surface area contributed by atoms with Crippen LogP contribution in [0.15, 0.2) is 16.6 Å². The first-order valence-corrected chi connectivity index (χ1v) is 8.53. The highest BCUT2D eigenvalue weighted by Crippen LogP contribution is 2.39. The Morgan fingerprint density at radius 2 is 2.18 bits per heavy atom. The molecule has 120 valence electrons. The van der Waals surface area contributed by atoms with Crippen molar-refractivity contribution in [2.75, 3.05) is 13.2 Å². The van der Waals surface area contributed by atoms with E-state index in [1.807, 2.05) is 25.7 Å². The molecule has 1 aromatic carbocycles. The molecule has 4 nitrogen and oxygen atoms in total. The smallest absolute Gasteiger partial charge is 0.410 e. The van der Waals surface area contributed by atoms with E-state index in [2.05, 4.69) is 28.1 Å². The van der Waals surface area contributed by atoms with E-state index >= 15 is 0 Å². The quantitative estimate of drug-likeness (QED) is 0.746. The Morgan fingerprint density at radius 3 is 2.82 bits per heavy atom. The second-order valence-electron chi connectivity index (χ2n) is 6.91. The molecule has 0 spiro atoms. The van der Waals surface area contributed by atoms with Gasteiger partial charge in [0.25, 0.3) is 0 Å². The predicted molar refractivity (Wildman–Crippen MR) is 87.8 cm³/mol. The molecule has 5 heteroatoms. The topological polar surface area (TPSA) is 38.8 Å². The van der Waals surface area contributed by atoms with Crippen LogP contribution in [0.25, 0.3) is 0 Å². The van der Waals surface area contributed by atoms with E-state index in [1.165, 1.54) is 16.7 Å². The van der Waals surface area contributed by atoms with Gasteiger partial charge in [-0.1, -0.05) is 15.9 Å². The van der Waals surface area contributed by atoms with E-state index in [4.69, 9.17) is 9.47 Å². The highest BCUT2D eigenvalue weighted by molar-refractivity contribution is 9.10. The van der Waals surface area contributed by atoms with Gasteiger partial charge in [-0.05, 0) is 62.4 Å². The van der Waals surface area contributed by atoms with Crippen molar-refractivity contribution in [2.45, 2.75) is 51.9 Å². The average Bonchev–Trinajstić information content (AvgIpc) is 2.34. The Hall–Kier alpha value is -1.07. The SMILES string of the molecule is CC(C)(C)OC(=O)N1CCC1c1cc(Br)cc2c1COCC2. The van der Waals surface area contributed by atoms with Gasteiger partial charge in [0.1, 0.15) is 5.60 Å².